The molecule has 0 aliphatic heterocycles. The molecular weight excluding hydrogens is 673 g/mol. The number of para-hydroxylation sites is 1. The summed E-state index contributed by atoms with van der Waals surface area (Å²) in [6, 6.07) is 0.548. The van der Waals surface area contributed by atoms with E-state index in [1.54, 1.807) is 0 Å². The monoisotopic (exact) mass is 686 g/mol. The van der Waals surface area contributed by atoms with Crippen molar-refractivity contribution in [1.82, 2.24) is 5.32 Å². The Morgan fingerprint density at radius 2 is 1.09 bits per heavy atom. The fourth-order valence-corrected chi connectivity index (χ4v) is 3.30. The minimum Gasteiger partial charge on any atom is -0.349 e. The SMILES string of the molecule is Cc1cccc(C(=O)NC(C)CC(F)(F)C(F)(F)C(F)(F)C(F)(F)C(F)(F)C(F)(F)C(F)(F)C(F)(F)C(F)(F)F)c1N=C=O. The molecule has 1 N–H and O–H groups in total. The van der Waals surface area contributed by atoms with Gasteiger partial charge in [-0.25, -0.2) is 4.79 Å². The Morgan fingerprint density at radius 3 is 1.48 bits per heavy atom. The number of nitrogens with one attached hydrogen (secondary N) is 1. The molecule has 0 aliphatic rings. The minimum atomic E-state index is -9.01. The molecular formula is C21H13F19N2O2. The summed E-state index contributed by atoms with van der Waals surface area (Å²) < 4.78 is 256. The van der Waals surface area contributed by atoms with Crippen molar-refractivity contribution in [2.45, 2.75) is 79.9 Å². The molecule has 1 unspecified atom stereocenters. The van der Waals surface area contributed by atoms with Crippen LogP contribution in [0.1, 0.15) is 29.3 Å². The molecule has 23 heteroatoms. The second-order valence-electron chi connectivity index (χ2n) is 8.98. The van der Waals surface area contributed by atoms with E-state index >= 15 is 0 Å². The zero-order chi connectivity index (χ0) is 35.3. The number of isocyanates is 1. The van der Waals surface area contributed by atoms with Crippen LogP contribution >= 0.6 is 0 Å². The number of aliphatic imine (C=N–C) groups is 1. The van der Waals surface area contributed by atoms with Gasteiger partial charge in [0.2, 0.25) is 6.08 Å². The van der Waals surface area contributed by atoms with Crippen molar-refractivity contribution in [3.63, 3.8) is 0 Å². The summed E-state index contributed by atoms with van der Waals surface area (Å²) >= 11 is 0. The van der Waals surface area contributed by atoms with Gasteiger partial charge in [0.1, 0.15) is 0 Å². The number of rotatable bonds is 12. The minimum absolute atomic E-state index is 0.0312. The smallest absolute Gasteiger partial charge is 0.349 e. The molecule has 0 saturated heterocycles. The van der Waals surface area contributed by atoms with Gasteiger partial charge in [-0.2, -0.15) is 88.4 Å². The van der Waals surface area contributed by atoms with E-state index in [0.717, 1.165) is 18.2 Å². The maximum absolute atomic E-state index is 14.2. The van der Waals surface area contributed by atoms with Crippen LogP contribution in [0.3, 0.4) is 0 Å². The van der Waals surface area contributed by atoms with Crippen LogP contribution in [-0.2, 0) is 4.79 Å². The molecule has 0 bridgehead atoms. The zero-order valence-electron chi connectivity index (χ0n) is 21.0. The van der Waals surface area contributed by atoms with Crippen LogP contribution in [0.25, 0.3) is 0 Å². The molecule has 1 atom stereocenters. The van der Waals surface area contributed by atoms with Crippen LogP contribution < -0.4 is 5.32 Å². The maximum atomic E-state index is 14.2. The van der Waals surface area contributed by atoms with Gasteiger partial charge in [0.25, 0.3) is 5.91 Å². The van der Waals surface area contributed by atoms with Gasteiger partial charge in [-0.15, -0.1) is 0 Å². The third-order valence-corrected chi connectivity index (χ3v) is 5.76. The Balaban J connectivity index is 3.52. The van der Waals surface area contributed by atoms with E-state index in [4.69, 9.17) is 0 Å². The summed E-state index contributed by atoms with van der Waals surface area (Å²) in [7, 11) is 0. The van der Waals surface area contributed by atoms with Gasteiger partial charge < -0.3 is 5.32 Å². The number of halogens is 19. The van der Waals surface area contributed by atoms with Crippen molar-refractivity contribution in [1.29, 1.82) is 0 Å². The number of benzene rings is 1. The normalized spacial score (nSPS) is 15.5. The van der Waals surface area contributed by atoms with Crippen molar-refractivity contribution >= 4 is 17.7 Å². The highest BCUT2D eigenvalue weighted by Gasteiger charge is 2.96. The van der Waals surface area contributed by atoms with Gasteiger partial charge in [0, 0.05) is 12.5 Å². The number of amides is 1. The highest BCUT2D eigenvalue weighted by molar-refractivity contribution is 6.00. The highest BCUT2D eigenvalue weighted by atomic mass is 19.4. The molecule has 1 aromatic rings. The molecule has 0 saturated carbocycles. The molecule has 0 fully saturated rings. The fraction of sp³-hybridized carbons (Fsp3) is 0.619. The molecule has 0 radical (unpaired) electrons. The Kier molecular flexibility index (Phi) is 9.93. The van der Waals surface area contributed by atoms with Crippen LogP contribution in [0, 0.1) is 6.92 Å². The molecule has 0 spiro atoms. The maximum Gasteiger partial charge on any atom is 0.460 e. The van der Waals surface area contributed by atoms with E-state index in [1.165, 1.54) is 18.3 Å². The van der Waals surface area contributed by atoms with Gasteiger partial charge in [-0.1, -0.05) is 12.1 Å². The van der Waals surface area contributed by atoms with E-state index in [0.29, 0.717) is 0 Å². The van der Waals surface area contributed by atoms with Crippen molar-refractivity contribution in [2.24, 2.45) is 4.99 Å². The van der Waals surface area contributed by atoms with E-state index < -0.39 is 83.2 Å². The molecule has 1 rings (SSSR count). The molecule has 252 valence electrons. The van der Waals surface area contributed by atoms with Crippen molar-refractivity contribution in [2.75, 3.05) is 0 Å². The van der Waals surface area contributed by atoms with Crippen molar-refractivity contribution in [3.8, 4) is 0 Å². The van der Waals surface area contributed by atoms with Crippen molar-refractivity contribution in [3.05, 3.63) is 29.3 Å². The molecule has 0 heterocycles. The van der Waals surface area contributed by atoms with Crippen LogP contribution in [0.4, 0.5) is 89.1 Å². The Hall–Kier alpha value is -3.26. The third kappa shape index (κ3) is 5.66. The average molecular weight is 686 g/mol. The number of nitrogens with zero attached hydrogens (tertiary/aromatic N) is 1. The largest absolute Gasteiger partial charge is 0.460 e. The van der Waals surface area contributed by atoms with E-state index in [1.807, 2.05) is 0 Å². The lowest BCUT2D eigenvalue weighted by molar-refractivity contribution is -0.468. The number of carbonyl (C=O) groups is 1. The standard InChI is InChI=1S/C21H13F19N2O2/c1-8-4-3-5-10(11(8)41-7-43)12(44)42-9(2)6-13(22,23)14(24,25)15(26,27)16(28,29)17(30,31)18(32,33)19(34,35)20(36,37)21(38,39)40/h3-5,9H,6H2,1-2H3,(H,42,44). The lowest BCUT2D eigenvalue weighted by atomic mass is 9.86. The molecule has 0 aliphatic carbocycles. The molecule has 1 aromatic carbocycles. The van der Waals surface area contributed by atoms with Crippen LogP contribution in [0.5, 0.6) is 0 Å². The predicted octanol–water partition coefficient (Wildman–Crippen LogP) is 8.12. The fourth-order valence-electron chi connectivity index (χ4n) is 3.30. The lowest BCUT2D eigenvalue weighted by Crippen LogP contribution is -2.75. The summed E-state index contributed by atoms with van der Waals surface area (Å²) in [4.78, 5) is 25.9. The first-order chi connectivity index (χ1) is 19.2. The molecule has 4 nitrogen and oxygen atoms in total. The second kappa shape index (κ2) is 11.3. The number of hydrogen-bond acceptors (Lipinski definition) is 3. The zero-order valence-corrected chi connectivity index (χ0v) is 21.0. The van der Waals surface area contributed by atoms with E-state index in [9.17, 15) is 93.0 Å². The van der Waals surface area contributed by atoms with Gasteiger partial charge in [-0.05, 0) is 25.5 Å². The summed E-state index contributed by atoms with van der Waals surface area (Å²) in [5.41, 5.74) is -1.17. The number of hydrogen-bond donors (Lipinski definition) is 1. The van der Waals surface area contributed by atoms with Crippen LogP contribution in [0.2, 0.25) is 0 Å². The lowest BCUT2D eigenvalue weighted by Gasteiger charge is -2.44. The second-order valence-corrected chi connectivity index (χ2v) is 8.98. The van der Waals surface area contributed by atoms with Gasteiger partial charge in [-0.3, -0.25) is 4.79 Å². The Morgan fingerprint density at radius 1 is 0.705 bits per heavy atom. The summed E-state index contributed by atoms with van der Waals surface area (Å²) in [5.74, 6) is -69.0. The van der Waals surface area contributed by atoms with E-state index in [-0.39, 0.29) is 12.5 Å². The highest BCUT2D eigenvalue weighted by Crippen LogP contribution is 2.65. The average Bonchev–Trinajstić information content (AvgIpc) is 2.83. The predicted molar refractivity (Wildman–Crippen MR) is 106 cm³/mol. The third-order valence-electron chi connectivity index (χ3n) is 5.76. The van der Waals surface area contributed by atoms with E-state index in [2.05, 4.69) is 4.99 Å². The first-order valence-electron chi connectivity index (χ1n) is 10.8. The van der Waals surface area contributed by atoms with Crippen LogP contribution in [-0.4, -0.2) is 71.6 Å². The first kappa shape index (κ1) is 38.8. The Labute approximate surface area is 231 Å². The quantitative estimate of drug-likeness (QED) is 0.137. The topological polar surface area (TPSA) is 58.5 Å². The summed E-state index contributed by atoms with van der Waals surface area (Å²) in [5, 5.41) is 1.41. The van der Waals surface area contributed by atoms with Gasteiger partial charge in [0.15, 0.2) is 0 Å². The summed E-state index contributed by atoms with van der Waals surface area (Å²) in [6.45, 7) is 1.49. The number of carbonyl (C=O) groups excluding carboxylic acids is 2. The van der Waals surface area contributed by atoms with Gasteiger partial charge in [0.05, 0.1) is 11.3 Å². The molecule has 0 aromatic heterocycles. The van der Waals surface area contributed by atoms with Gasteiger partial charge >= 0.3 is 53.6 Å². The van der Waals surface area contributed by atoms with Crippen molar-refractivity contribution < 1.29 is 93.0 Å². The first-order valence-corrected chi connectivity index (χ1v) is 10.8. The van der Waals surface area contributed by atoms with Crippen LogP contribution in [0.15, 0.2) is 23.2 Å². The molecule has 1 amide bonds. The summed E-state index contributed by atoms with van der Waals surface area (Å²) in [6.07, 6.45) is -9.93. The number of aryl methyl sites for hydroxylation is 1. The number of alkyl halides is 19. The molecule has 44 heavy (non-hydrogen) atoms. The Bertz CT molecular complexity index is 1280.